The minimum Gasteiger partial charge on any atom is -0.372 e. The third kappa shape index (κ3) is 1.26. The van der Waals surface area contributed by atoms with Crippen LogP contribution in [0.25, 0.3) is 0 Å². The number of rotatable bonds is 1. The summed E-state index contributed by atoms with van der Waals surface area (Å²) in [7, 11) is 0. The molecule has 3 unspecified atom stereocenters. The summed E-state index contributed by atoms with van der Waals surface area (Å²) in [6.07, 6.45) is 7.25. The monoisotopic (exact) mass is 152 g/mol. The van der Waals surface area contributed by atoms with Crippen molar-refractivity contribution in [3.63, 3.8) is 0 Å². The molecule has 3 atom stereocenters. The van der Waals surface area contributed by atoms with Crippen LogP contribution in [-0.2, 0) is 0 Å². The van der Waals surface area contributed by atoms with Gasteiger partial charge in [0.15, 0.2) is 0 Å². The second kappa shape index (κ2) is 2.84. The lowest BCUT2D eigenvalue weighted by atomic mass is 9.82. The molecule has 62 valence electrons. The van der Waals surface area contributed by atoms with Crippen LogP contribution in [0.2, 0.25) is 0 Å². The Morgan fingerprint density at radius 2 is 2.45 bits per heavy atom. The average molecular weight is 152 g/mol. The maximum Gasteiger partial charge on any atom is 0.0831 e. The highest BCUT2D eigenvalue weighted by atomic mass is 15.1. The van der Waals surface area contributed by atoms with Crippen LogP contribution in [0.1, 0.15) is 32.6 Å². The second-order valence-electron chi connectivity index (χ2n) is 3.71. The lowest BCUT2D eigenvalue weighted by molar-refractivity contribution is 0.283. The fourth-order valence-electron chi connectivity index (χ4n) is 2.20. The van der Waals surface area contributed by atoms with Crippen LogP contribution >= 0.6 is 0 Å². The van der Waals surface area contributed by atoms with Crippen molar-refractivity contribution in [1.82, 2.24) is 5.32 Å². The summed E-state index contributed by atoms with van der Waals surface area (Å²) in [6, 6.07) is 1.28. The van der Waals surface area contributed by atoms with Gasteiger partial charge in [0.25, 0.3) is 0 Å². The molecule has 0 spiro atoms. The topological polar surface area (TPSA) is 24.4 Å². The summed E-state index contributed by atoms with van der Waals surface area (Å²) in [5, 5.41) is 3.33. The molecule has 1 heterocycles. The van der Waals surface area contributed by atoms with Gasteiger partial charge in [-0.25, -0.2) is 0 Å². The Morgan fingerprint density at radius 1 is 1.55 bits per heavy atom. The molecular formula is C9H16N2. The second-order valence-corrected chi connectivity index (χ2v) is 3.71. The smallest absolute Gasteiger partial charge is 0.0831 e. The first-order valence-corrected chi connectivity index (χ1v) is 4.68. The van der Waals surface area contributed by atoms with Gasteiger partial charge in [-0.2, -0.15) is 0 Å². The van der Waals surface area contributed by atoms with E-state index in [9.17, 15) is 0 Å². The van der Waals surface area contributed by atoms with Crippen molar-refractivity contribution in [2.45, 2.75) is 44.7 Å². The number of fused-ring (bicyclic) bond motifs is 1. The third-order valence-electron chi connectivity index (χ3n) is 3.05. The highest BCUT2D eigenvalue weighted by Gasteiger charge is 2.30. The molecule has 2 aliphatic rings. The van der Waals surface area contributed by atoms with Gasteiger partial charge in [0.05, 0.1) is 12.4 Å². The molecule has 0 amide bonds. The molecule has 1 aliphatic heterocycles. The maximum absolute atomic E-state index is 4.39. The van der Waals surface area contributed by atoms with Gasteiger partial charge in [0.1, 0.15) is 0 Å². The van der Waals surface area contributed by atoms with E-state index in [4.69, 9.17) is 0 Å². The molecule has 1 saturated carbocycles. The molecule has 11 heavy (non-hydrogen) atoms. The van der Waals surface area contributed by atoms with Crippen molar-refractivity contribution >= 4 is 6.34 Å². The molecule has 0 aromatic rings. The van der Waals surface area contributed by atoms with E-state index in [0.717, 1.165) is 5.92 Å². The minimum atomic E-state index is 0.609. The van der Waals surface area contributed by atoms with E-state index < -0.39 is 0 Å². The van der Waals surface area contributed by atoms with Gasteiger partial charge in [0, 0.05) is 6.04 Å². The summed E-state index contributed by atoms with van der Waals surface area (Å²) in [5.74, 6) is 0.949. The molecule has 1 N–H and O–H groups in total. The summed E-state index contributed by atoms with van der Waals surface area (Å²) >= 11 is 0. The van der Waals surface area contributed by atoms with Crippen molar-refractivity contribution in [3.8, 4) is 0 Å². The zero-order valence-corrected chi connectivity index (χ0v) is 7.09. The van der Waals surface area contributed by atoms with Gasteiger partial charge in [-0.15, -0.1) is 0 Å². The fourth-order valence-corrected chi connectivity index (χ4v) is 2.20. The molecule has 1 fully saturated rings. The van der Waals surface area contributed by atoms with Gasteiger partial charge in [0.2, 0.25) is 0 Å². The maximum atomic E-state index is 4.39. The lowest BCUT2D eigenvalue weighted by Gasteiger charge is -2.29. The molecule has 2 heteroatoms. The number of nitrogens with one attached hydrogen (secondary N) is 1. The van der Waals surface area contributed by atoms with E-state index in [0.29, 0.717) is 12.1 Å². The average Bonchev–Trinajstić information content (AvgIpc) is 2.50. The minimum absolute atomic E-state index is 0.609. The highest BCUT2D eigenvalue weighted by molar-refractivity contribution is 5.58. The Morgan fingerprint density at radius 3 is 3.27 bits per heavy atom. The Bertz CT molecular complexity index is 165. The molecule has 0 radical (unpaired) electrons. The van der Waals surface area contributed by atoms with Crippen molar-refractivity contribution in [2.75, 3.05) is 0 Å². The van der Waals surface area contributed by atoms with Crippen molar-refractivity contribution < 1.29 is 0 Å². The molecule has 0 saturated heterocycles. The fraction of sp³-hybridized carbons (Fsp3) is 0.889. The zero-order chi connectivity index (χ0) is 7.68. The number of aliphatic imine (C=N–C) groups is 1. The van der Waals surface area contributed by atoms with E-state index in [1.165, 1.54) is 25.7 Å². The molecule has 0 aromatic heterocycles. The molecule has 0 bridgehead atoms. The predicted octanol–water partition coefficient (Wildman–Crippen LogP) is 1.57. The van der Waals surface area contributed by atoms with Crippen LogP contribution < -0.4 is 5.32 Å². The number of hydrogen-bond donors (Lipinski definition) is 1. The summed E-state index contributed by atoms with van der Waals surface area (Å²) in [6.45, 7) is 2.29. The standard InChI is InChI=1S/C9H16N2/c1-2-7-3-4-8-9(5-7)11-6-10-8/h6-9H,2-5H2,1H3,(H,10,11). The third-order valence-corrected chi connectivity index (χ3v) is 3.05. The van der Waals surface area contributed by atoms with Gasteiger partial charge in [-0.1, -0.05) is 13.3 Å². The van der Waals surface area contributed by atoms with Gasteiger partial charge in [-0.05, 0) is 25.2 Å². The predicted molar refractivity (Wildman–Crippen MR) is 46.8 cm³/mol. The Kier molecular flexibility index (Phi) is 1.84. The first kappa shape index (κ1) is 7.14. The van der Waals surface area contributed by atoms with Gasteiger partial charge in [-0.3, -0.25) is 4.99 Å². The number of nitrogens with zero attached hydrogens (tertiary/aromatic N) is 1. The first-order valence-electron chi connectivity index (χ1n) is 4.68. The van der Waals surface area contributed by atoms with E-state index >= 15 is 0 Å². The SMILES string of the molecule is CCC1CCC2N=CNC2C1. The van der Waals surface area contributed by atoms with Crippen LogP contribution in [0, 0.1) is 5.92 Å². The largest absolute Gasteiger partial charge is 0.372 e. The van der Waals surface area contributed by atoms with Crippen LogP contribution in [0.4, 0.5) is 0 Å². The van der Waals surface area contributed by atoms with E-state index in [1.807, 2.05) is 6.34 Å². The summed E-state index contributed by atoms with van der Waals surface area (Å²) < 4.78 is 0. The van der Waals surface area contributed by atoms with Crippen molar-refractivity contribution in [1.29, 1.82) is 0 Å². The normalized spacial score (nSPS) is 41.7. The quantitative estimate of drug-likeness (QED) is 0.606. The van der Waals surface area contributed by atoms with Crippen LogP contribution in [0.3, 0.4) is 0 Å². The molecule has 0 aromatic carbocycles. The zero-order valence-electron chi connectivity index (χ0n) is 7.09. The van der Waals surface area contributed by atoms with E-state index in [1.54, 1.807) is 0 Å². The first-order chi connectivity index (χ1) is 5.40. The van der Waals surface area contributed by atoms with E-state index in [-0.39, 0.29) is 0 Å². The van der Waals surface area contributed by atoms with Crippen LogP contribution in [0.15, 0.2) is 4.99 Å². The Labute approximate surface area is 68.1 Å². The number of hydrogen-bond acceptors (Lipinski definition) is 2. The summed E-state index contributed by atoms with van der Waals surface area (Å²) in [4.78, 5) is 4.39. The van der Waals surface area contributed by atoms with Crippen LogP contribution in [0.5, 0.6) is 0 Å². The van der Waals surface area contributed by atoms with Crippen molar-refractivity contribution in [2.24, 2.45) is 10.9 Å². The Balaban J connectivity index is 1.94. The molecule has 2 nitrogen and oxygen atoms in total. The van der Waals surface area contributed by atoms with Crippen LogP contribution in [-0.4, -0.2) is 18.4 Å². The Hall–Kier alpha value is -0.530. The van der Waals surface area contributed by atoms with Gasteiger partial charge < -0.3 is 5.32 Å². The highest BCUT2D eigenvalue weighted by Crippen LogP contribution is 2.29. The molecule has 1 aliphatic carbocycles. The van der Waals surface area contributed by atoms with Crippen molar-refractivity contribution in [3.05, 3.63) is 0 Å². The van der Waals surface area contributed by atoms with Gasteiger partial charge >= 0.3 is 0 Å². The van der Waals surface area contributed by atoms with E-state index in [2.05, 4.69) is 17.2 Å². The summed E-state index contributed by atoms with van der Waals surface area (Å²) in [5.41, 5.74) is 0. The lowest BCUT2D eigenvalue weighted by Crippen LogP contribution is -2.37. The molecular weight excluding hydrogens is 136 g/mol. The molecule has 2 rings (SSSR count).